The fourth-order valence-corrected chi connectivity index (χ4v) is 0.334. The molecule has 0 heterocycles. The number of esters is 1. The monoisotopic (exact) mass is 163 g/mol. The Morgan fingerprint density at radius 2 is 2.36 bits per heavy atom. The number of carbonyl (C=O) groups excluding carboxylic acids is 1. The van der Waals surface area contributed by atoms with Gasteiger partial charge in [0.1, 0.15) is 6.08 Å². The van der Waals surface area contributed by atoms with Crippen molar-refractivity contribution in [3.8, 4) is 0 Å². The van der Waals surface area contributed by atoms with Crippen LogP contribution in [-0.4, -0.2) is 17.5 Å². The van der Waals surface area contributed by atoms with E-state index in [2.05, 4.69) is 4.74 Å². The molecule has 62 valence electrons. The summed E-state index contributed by atoms with van der Waals surface area (Å²) in [6.07, 6.45) is 0.184. The molecule has 0 N–H and O–H groups in total. The molecule has 0 aliphatic carbocycles. The molecule has 11 heavy (non-hydrogen) atoms. The van der Waals surface area contributed by atoms with Crippen molar-refractivity contribution < 1.29 is 18.8 Å². The number of rotatable bonds is 3. The predicted molar refractivity (Wildman–Crippen MR) is 32.8 cm³/mol. The first kappa shape index (κ1) is 9.54. The highest BCUT2D eigenvalue weighted by molar-refractivity contribution is 5.81. The second-order valence-electron chi connectivity index (χ2n) is 1.48. The minimum atomic E-state index is -1.72. The van der Waals surface area contributed by atoms with Crippen molar-refractivity contribution in [2.24, 2.45) is 0 Å². The fraction of sp³-hybridized carbons (Fsp3) is 0.400. The first-order chi connectivity index (χ1) is 5.07. The molecule has 0 unspecified atom stereocenters. The first-order valence-corrected chi connectivity index (χ1v) is 2.76. The Kier molecular flexibility index (Phi) is 3.79. The largest absolute Gasteiger partial charge is 0.463 e. The van der Waals surface area contributed by atoms with Gasteiger partial charge in [-0.15, -0.1) is 4.39 Å². The Hall–Kier alpha value is -1.46. The lowest BCUT2D eigenvalue weighted by atomic mass is 10.6. The van der Waals surface area contributed by atoms with E-state index in [0.717, 1.165) is 0 Å². The Bertz CT molecular complexity index is 201. The summed E-state index contributed by atoms with van der Waals surface area (Å²) in [5.74, 6) is -2.77. The standard InChI is InChI=1S/C5H6FNO4/c1-2-11-5(8)3-4(6)7(9)10/h3H,2H2,1H3/b4-3+. The smallest absolute Gasteiger partial charge is 0.426 e. The van der Waals surface area contributed by atoms with Gasteiger partial charge in [-0.05, 0) is 6.92 Å². The average molecular weight is 163 g/mol. The summed E-state index contributed by atoms with van der Waals surface area (Å²) < 4.78 is 16.2. The molecule has 0 fully saturated rings. The third kappa shape index (κ3) is 4.01. The van der Waals surface area contributed by atoms with Crippen LogP contribution in [0.4, 0.5) is 4.39 Å². The van der Waals surface area contributed by atoms with Crippen LogP contribution < -0.4 is 0 Å². The third-order valence-corrected chi connectivity index (χ3v) is 0.698. The Morgan fingerprint density at radius 3 is 2.73 bits per heavy atom. The summed E-state index contributed by atoms with van der Waals surface area (Å²) in [6, 6.07) is 0. The zero-order chi connectivity index (χ0) is 8.85. The van der Waals surface area contributed by atoms with Gasteiger partial charge in [-0.25, -0.2) is 4.79 Å². The van der Waals surface area contributed by atoms with Crippen LogP contribution in [0.15, 0.2) is 12.0 Å². The van der Waals surface area contributed by atoms with Crippen LogP contribution >= 0.6 is 0 Å². The summed E-state index contributed by atoms with van der Waals surface area (Å²) in [5, 5.41) is 9.59. The van der Waals surface area contributed by atoms with E-state index in [0.29, 0.717) is 0 Å². The molecule has 0 radical (unpaired) electrons. The van der Waals surface area contributed by atoms with E-state index in [4.69, 9.17) is 0 Å². The summed E-state index contributed by atoms with van der Waals surface area (Å²) in [5.41, 5.74) is 0. The number of hydrogen-bond donors (Lipinski definition) is 0. The van der Waals surface area contributed by atoms with E-state index in [9.17, 15) is 19.3 Å². The normalized spacial score (nSPS) is 10.9. The lowest BCUT2D eigenvalue weighted by Crippen LogP contribution is -2.03. The van der Waals surface area contributed by atoms with Crippen molar-refractivity contribution in [1.29, 1.82) is 0 Å². The SMILES string of the molecule is CCOC(=O)/C=C(\F)[N+](=O)[O-]. The maximum atomic E-state index is 12.0. The van der Waals surface area contributed by atoms with Gasteiger partial charge < -0.3 is 4.74 Å². The molecule has 0 aliphatic heterocycles. The van der Waals surface area contributed by atoms with E-state index < -0.39 is 16.8 Å². The van der Waals surface area contributed by atoms with Crippen molar-refractivity contribution in [3.63, 3.8) is 0 Å². The maximum absolute atomic E-state index is 12.0. The number of carbonyl (C=O) groups is 1. The average Bonchev–Trinajstić information content (AvgIpc) is 1.87. The highest BCUT2D eigenvalue weighted by Gasteiger charge is 2.11. The molecule has 6 heteroatoms. The van der Waals surface area contributed by atoms with Crippen LogP contribution in [0.2, 0.25) is 0 Å². The van der Waals surface area contributed by atoms with Gasteiger partial charge in [-0.2, -0.15) is 0 Å². The minimum Gasteiger partial charge on any atom is -0.463 e. The molecule has 0 rings (SSSR count). The van der Waals surface area contributed by atoms with Gasteiger partial charge in [0, 0.05) is 0 Å². The number of nitrogens with zero attached hydrogens (tertiary/aromatic N) is 1. The van der Waals surface area contributed by atoms with Crippen molar-refractivity contribution in [3.05, 3.63) is 22.1 Å². The van der Waals surface area contributed by atoms with Gasteiger partial charge in [0.25, 0.3) is 0 Å². The molecule has 0 amide bonds. The van der Waals surface area contributed by atoms with Gasteiger partial charge in [-0.3, -0.25) is 10.1 Å². The molecule has 5 nitrogen and oxygen atoms in total. The van der Waals surface area contributed by atoms with Crippen molar-refractivity contribution >= 4 is 5.97 Å². The number of halogens is 1. The second kappa shape index (κ2) is 4.37. The molecular weight excluding hydrogens is 157 g/mol. The molecule has 0 aromatic carbocycles. The third-order valence-electron chi connectivity index (χ3n) is 0.698. The van der Waals surface area contributed by atoms with Crippen LogP contribution in [0.25, 0.3) is 0 Å². The van der Waals surface area contributed by atoms with E-state index >= 15 is 0 Å². The molecule has 0 atom stereocenters. The molecule has 0 spiro atoms. The fourth-order valence-electron chi connectivity index (χ4n) is 0.334. The van der Waals surface area contributed by atoms with Crippen LogP contribution in [-0.2, 0) is 9.53 Å². The van der Waals surface area contributed by atoms with Gasteiger partial charge in [-0.1, -0.05) is 0 Å². The Balaban J connectivity index is 4.08. The maximum Gasteiger partial charge on any atom is 0.426 e. The topological polar surface area (TPSA) is 69.4 Å². The van der Waals surface area contributed by atoms with Crippen molar-refractivity contribution in [1.82, 2.24) is 0 Å². The zero-order valence-corrected chi connectivity index (χ0v) is 5.74. The van der Waals surface area contributed by atoms with E-state index in [1.807, 2.05) is 0 Å². The molecule has 0 saturated heterocycles. The van der Waals surface area contributed by atoms with Crippen molar-refractivity contribution in [2.45, 2.75) is 6.92 Å². The Labute approximate surface area is 61.6 Å². The quantitative estimate of drug-likeness (QED) is 0.201. The summed E-state index contributed by atoms with van der Waals surface area (Å²) in [6.45, 7) is 1.57. The summed E-state index contributed by atoms with van der Waals surface area (Å²) >= 11 is 0. The number of ether oxygens (including phenoxy) is 1. The van der Waals surface area contributed by atoms with Crippen LogP contribution in [0.5, 0.6) is 0 Å². The van der Waals surface area contributed by atoms with Crippen molar-refractivity contribution in [2.75, 3.05) is 6.61 Å². The van der Waals surface area contributed by atoms with E-state index in [-0.39, 0.29) is 12.7 Å². The second-order valence-corrected chi connectivity index (χ2v) is 1.48. The lowest BCUT2D eigenvalue weighted by Gasteiger charge is -1.92. The van der Waals surface area contributed by atoms with Gasteiger partial charge in [0.2, 0.25) is 0 Å². The molecular formula is C5H6FNO4. The zero-order valence-electron chi connectivity index (χ0n) is 5.74. The molecule has 0 bridgehead atoms. The predicted octanol–water partition coefficient (Wildman–Crippen LogP) is 0.637. The first-order valence-electron chi connectivity index (χ1n) is 2.76. The minimum absolute atomic E-state index is 0.0559. The number of hydrogen-bond acceptors (Lipinski definition) is 4. The summed E-state index contributed by atoms with van der Waals surface area (Å²) in [7, 11) is 0. The lowest BCUT2D eigenvalue weighted by molar-refractivity contribution is -0.447. The highest BCUT2D eigenvalue weighted by Crippen LogP contribution is 1.96. The molecule has 0 aliphatic rings. The highest BCUT2D eigenvalue weighted by atomic mass is 19.1. The van der Waals surface area contributed by atoms with Crippen LogP contribution in [0, 0.1) is 10.1 Å². The number of nitro groups is 1. The molecule has 0 aromatic heterocycles. The molecule has 0 aromatic rings. The molecule has 0 saturated carbocycles. The summed E-state index contributed by atoms with van der Waals surface area (Å²) in [4.78, 5) is 18.6. The van der Waals surface area contributed by atoms with Crippen LogP contribution in [0.1, 0.15) is 6.92 Å². The van der Waals surface area contributed by atoms with Gasteiger partial charge in [0.15, 0.2) is 0 Å². The van der Waals surface area contributed by atoms with Gasteiger partial charge >= 0.3 is 11.9 Å². The Morgan fingerprint density at radius 1 is 1.82 bits per heavy atom. The van der Waals surface area contributed by atoms with Crippen LogP contribution in [0.3, 0.4) is 0 Å². The van der Waals surface area contributed by atoms with Gasteiger partial charge in [0.05, 0.1) is 11.5 Å². The van der Waals surface area contributed by atoms with E-state index in [1.165, 1.54) is 6.92 Å². The van der Waals surface area contributed by atoms with E-state index in [1.54, 1.807) is 0 Å².